The van der Waals surface area contributed by atoms with E-state index in [0.717, 1.165) is 28.4 Å². The van der Waals surface area contributed by atoms with E-state index in [1.54, 1.807) is 7.11 Å². The fourth-order valence-electron chi connectivity index (χ4n) is 2.58. The van der Waals surface area contributed by atoms with Crippen molar-refractivity contribution in [1.29, 1.82) is 0 Å². The highest BCUT2D eigenvalue weighted by Gasteiger charge is 2.14. The minimum Gasteiger partial charge on any atom is -0.496 e. The lowest BCUT2D eigenvalue weighted by atomic mass is 9.93. The zero-order chi connectivity index (χ0) is 14.7. The number of ether oxygens (including phenoxy) is 1. The Labute approximate surface area is 125 Å². The van der Waals surface area contributed by atoms with Crippen molar-refractivity contribution in [2.75, 3.05) is 14.2 Å². The van der Waals surface area contributed by atoms with Crippen molar-refractivity contribution in [3.05, 3.63) is 52.0 Å². The zero-order valence-electron chi connectivity index (χ0n) is 12.4. The molecule has 0 fully saturated rings. The summed E-state index contributed by atoms with van der Waals surface area (Å²) < 4.78 is 5.57. The summed E-state index contributed by atoms with van der Waals surface area (Å²) in [5, 5.41) is 3.94. The van der Waals surface area contributed by atoms with Crippen LogP contribution < -0.4 is 10.1 Å². The minimum atomic E-state index is 0.753. The Kier molecular flexibility index (Phi) is 4.69. The maximum atomic E-state index is 6.12. The number of methoxy groups -OCH3 is 1. The molecular weight excluding hydrogens is 270 g/mol. The van der Waals surface area contributed by atoms with Crippen molar-refractivity contribution in [2.45, 2.75) is 20.4 Å². The van der Waals surface area contributed by atoms with Gasteiger partial charge in [0.15, 0.2) is 0 Å². The standard InChI is InChI=1S/C17H20ClNO/c1-11-7-12(2)17(16(8-11)20-4)15-6-5-14(18)9-13(15)10-19-3/h5-9,19H,10H2,1-4H3. The van der Waals surface area contributed by atoms with Crippen LogP contribution in [-0.4, -0.2) is 14.2 Å². The van der Waals surface area contributed by atoms with Crippen LogP contribution in [0.2, 0.25) is 5.02 Å². The van der Waals surface area contributed by atoms with Gasteiger partial charge in [0.25, 0.3) is 0 Å². The molecule has 2 nitrogen and oxygen atoms in total. The first kappa shape index (κ1) is 14.9. The van der Waals surface area contributed by atoms with Gasteiger partial charge in [-0.2, -0.15) is 0 Å². The van der Waals surface area contributed by atoms with Crippen LogP contribution in [0.4, 0.5) is 0 Å². The highest BCUT2D eigenvalue weighted by Crippen LogP contribution is 2.37. The van der Waals surface area contributed by atoms with Crippen LogP contribution in [0.1, 0.15) is 16.7 Å². The minimum absolute atomic E-state index is 0.753. The molecule has 2 rings (SSSR count). The van der Waals surface area contributed by atoms with Gasteiger partial charge in [0, 0.05) is 17.1 Å². The van der Waals surface area contributed by atoms with E-state index in [4.69, 9.17) is 16.3 Å². The molecule has 106 valence electrons. The lowest BCUT2D eigenvalue weighted by Gasteiger charge is -2.17. The largest absolute Gasteiger partial charge is 0.496 e. The van der Waals surface area contributed by atoms with E-state index in [0.29, 0.717) is 0 Å². The second kappa shape index (κ2) is 6.29. The first-order valence-electron chi connectivity index (χ1n) is 6.65. The molecule has 3 heteroatoms. The van der Waals surface area contributed by atoms with E-state index in [9.17, 15) is 0 Å². The van der Waals surface area contributed by atoms with Crippen molar-refractivity contribution in [3.8, 4) is 16.9 Å². The third-order valence-corrected chi connectivity index (χ3v) is 3.60. The fourth-order valence-corrected chi connectivity index (χ4v) is 2.77. The molecule has 1 N–H and O–H groups in total. The normalized spacial score (nSPS) is 10.7. The van der Waals surface area contributed by atoms with Crippen LogP contribution in [0.15, 0.2) is 30.3 Å². The van der Waals surface area contributed by atoms with Crippen molar-refractivity contribution in [3.63, 3.8) is 0 Å². The molecule has 0 radical (unpaired) electrons. The smallest absolute Gasteiger partial charge is 0.127 e. The van der Waals surface area contributed by atoms with Crippen LogP contribution >= 0.6 is 11.6 Å². The van der Waals surface area contributed by atoms with E-state index in [1.165, 1.54) is 16.7 Å². The number of halogens is 1. The molecule has 0 aromatic heterocycles. The first-order valence-corrected chi connectivity index (χ1v) is 7.03. The summed E-state index contributed by atoms with van der Waals surface area (Å²) >= 11 is 6.12. The summed E-state index contributed by atoms with van der Waals surface area (Å²) in [5.41, 5.74) is 5.89. The summed E-state index contributed by atoms with van der Waals surface area (Å²) in [7, 11) is 3.65. The average Bonchev–Trinajstić information content (AvgIpc) is 2.39. The molecular formula is C17H20ClNO. The molecule has 0 spiro atoms. The van der Waals surface area contributed by atoms with Gasteiger partial charge in [-0.25, -0.2) is 0 Å². The maximum Gasteiger partial charge on any atom is 0.127 e. The topological polar surface area (TPSA) is 21.3 Å². The van der Waals surface area contributed by atoms with Crippen molar-refractivity contribution in [2.24, 2.45) is 0 Å². The third kappa shape index (κ3) is 2.97. The molecule has 2 aromatic carbocycles. The Morgan fingerprint density at radius 3 is 2.55 bits per heavy atom. The van der Waals surface area contributed by atoms with E-state index >= 15 is 0 Å². The number of hydrogen-bond donors (Lipinski definition) is 1. The Morgan fingerprint density at radius 2 is 1.90 bits per heavy atom. The molecule has 0 atom stereocenters. The van der Waals surface area contributed by atoms with Gasteiger partial charge in [-0.3, -0.25) is 0 Å². The first-order chi connectivity index (χ1) is 9.56. The van der Waals surface area contributed by atoms with Gasteiger partial charge in [-0.05, 0) is 61.3 Å². The maximum absolute atomic E-state index is 6.12. The number of hydrogen-bond acceptors (Lipinski definition) is 2. The molecule has 0 aliphatic heterocycles. The molecule has 0 saturated heterocycles. The van der Waals surface area contributed by atoms with Crippen molar-refractivity contribution >= 4 is 11.6 Å². The molecule has 0 heterocycles. The van der Waals surface area contributed by atoms with Crippen LogP contribution in [0.25, 0.3) is 11.1 Å². The van der Waals surface area contributed by atoms with Crippen LogP contribution in [0.3, 0.4) is 0 Å². The molecule has 2 aromatic rings. The number of aryl methyl sites for hydroxylation is 2. The highest BCUT2D eigenvalue weighted by atomic mass is 35.5. The number of rotatable bonds is 4. The molecule has 0 saturated carbocycles. The van der Waals surface area contributed by atoms with Gasteiger partial charge in [0.2, 0.25) is 0 Å². The molecule has 0 aliphatic carbocycles. The molecule has 0 aliphatic rings. The predicted molar refractivity (Wildman–Crippen MR) is 85.7 cm³/mol. The lowest BCUT2D eigenvalue weighted by Crippen LogP contribution is -2.07. The summed E-state index contributed by atoms with van der Waals surface area (Å²) in [6, 6.07) is 10.2. The Bertz CT molecular complexity index is 623. The Balaban J connectivity index is 2.67. The molecule has 0 unspecified atom stereocenters. The van der Waals surface area contributed by atoms with E-state index in [-0.39, 0.29) is 0 Å². The van der Waals surface area contributed by atoms with Crippen molar-refractivity contribution < 1.29 is 4.74 Å². The summed E-state index contributed by atoms with van der Waals surface area (Å²) in [6.45, 7) is 4.96. The Hall–Kier alpha value is -1.51. The highest BCUT2D eigenvalue weighted by molar-refractivity contribution is 6.30. The summed E-state index contributed by atoms with van der Waals surface area (Å²) in [4.78, 5) is 0. The molecule has 20 heavy (non-hydrogen) atoms. The fraction of sp³-hybridized carbons (Fsp3) is 0.294. The van der Waals surface area contributed by atoms with Crippen molar-refractivity contribution in [1.82, 2.24) is 5.32 Å². The molecule has 0 bridgehead atoms. The quantitative estimate of drug-likeness (QED) is 0.903. The monoisotopic (exact) mass is 289 g/mol. The summed E-state index contributed by atoms with van der Waals surface area (Å²) in [5.74, 6) is 0.905. The molecule has 0 amide bonds. The van der Waals surface area contributed by atoms with Gasteiger partial charge in [-0.15, -0.1) is 0 Å². The number of benzene rings is 2. The van der Waals surface area contributed by atoms with E-state index < -0.39 is 0 Å². The van der Waals surface area contributed by atoms with Gasteiger partial charge in [0.1, 0.15) is 5.75 Å². The predicted octanol–water partition coefficient (Wildman–Crippen LogP) is 4.35. The van der Waals surface area contributed by atoms with E-state index in [2.05, 4.69) is 37.4 Å². The van der Waals surface area contributed by atoms with Crippen LogP contribution in [-0.2, 0) is 6.54 Å². The lowest BCUT2D eigenvalue weighted by molar-refractivity contribution is 0.416. The van der Waals surface area contributed by atoms with Crippen LogP contribution in [0, 0.1) is 13.8 Å². The Morgan fingerprint density at radius 1 is 1.15 bits per heavy atom. The van der Waals surface area contributed by atoms with E-state index in [1.807, 2.05) is 19.2 Å². The SMILES string of the molecule is CNCc1cc(Cl)ccc1-c1c(C)cc(C)cc1OC. The zero-order valence-corrected chi connectivity index (χ0v) is 13.1. The van der Waals surface area contributed by atoms with Crippen LogP contribution in [0.5, 0.6) is 5.75 Å². The third-order valence-electron chi connectivity index (χ3n) is 3.37. The van der Waals surface area contributed by atoms with Gasteiger partial charge < -0.3 is 10.1 Å². The second-order valence-corrected chi connectivity index (χ2v) is 5.43. The van der Waals surface area contributed by atoms with Gasteiger partial charge in [0.05, 0.1) is 7.11 Å². The average molecular weight is 290 g/mol. The van der Waals surface area contributed by atoms with Gasteiger partial charge >= 0.3 is 0 Å². The number of nitrogens with one attached hydrogen (secondary N) is 1. The second-order valence-electron chi connectivity index (χ2n) is 4.99. The summed E-state index contributed by atoms with van der Waals surface area (Å²) in [6.07, 6.45) is 0. The van der Waals surface area contributed by atoms with Gasteiger partial charge in [-0.1, -0.05) is 23.7 Å².